The van der Waals surface area contributed by atoms with Crippen LogP contribution in [-0.2, 0) is 4.79 Å². The summed E-state index contributed by atoms with van der Waals surface area (Å²) >= 11 is 3.83. The lowest BCUT2D eigenvalue weighted by Crippen LogP contribution is -2.42. The molecular formula is C11H20N2OS2. The molecule has 2 rings (SSSR count). The average Bonchev–Trinajstić information content (AvgIpc) is 3.09. The first-order valence-corrected chi connectivity index (χ1v) is 8.25. The maximum absolute atomic E-state index is 11.7. The standard InChI is InChI=1S/C11H20N2OS2/c1-15-11(2-3-11)8-13-10(14)6-9-7-16-5-4-12-9/h9,12H,2-8H2,1H3,(H,13,14). The first-order chi connectivity index (χ1) is 7.74. The van der Waals surface area contributed by atoms with Crippen LogP contribution in [0.5, 0.6) is 0 Å². The van der Waals surface area contributed by atoms with Gasteiger partial charge in [0.15, 0.2) is 0 Å². The number of nitrogens with one attached hydrogen (secondary N) is 2. The van der Waals surface area contributed by atoms with Crippen molar-refractivity contribution in [1.29, 1.82) is 0 Å². The Morgan fingerprint density at radius 1 is 1.62 bits per heavy atom. The average molecular weight is 260 g/mol. The molecule has 0 aromatic carbocycles. The third-order valence-corrected chi connectivity index (χ3v) is 5.83. The summed E-state index contributed by atoms with van der Waals surface area (Å²) in [6.45, 7) is 1.89. The molecule has 0 aromatic rings. The lowest BCUT2D eigenvalue weighted by atomic mass is 10.2. The van der Waals surface area contributed by atoms with E-state index in [0.717, 1.165) is 18.8 Å². The van der Waals surface area contributed by atoms with Crippen molar-refractivity contribution < 1.29 is 4.79 Å². The summed E-state index contributed by atoms with van der Waals surface area (Å²) in [4.78, 5) is 11.7. The molecule has 0 radical (unpaired) electrons. The number of hydrogen-bond acceptors (Lipinski definition) is 4. The van der Waals surface area contributed by atoms with E-state index in [9.17, 15) is 4.79 Å². The molecule has 0 bridgehead atoms. The number of amides is 1. The molecule has 1 saturated heterocycles. The molecule has 0 aromatic heterocycles. The van der Waals surface area contributed by atoms with Gasteiger partial charge in [-0.25, -0.2) is 0 Å². The minimum Gasteiger partial charge on any atom is -0.355 e. The Bertz CT molecular complexity index is 250. The Kier molecular flexibility index (Phi) is 4.44. The van der Waals surface area contributed by atoms with Crippen LogP contribution in [0.4, 0.5) is 0 Å². The van der Waals surface area contributed by atoms with E-state index in [1.54, 1.807) is 0 Å². The van der Waals surface area contributed by atoms with Crippen LogP contribution in [0.15, 0.2) is 0 Å². The molecule has 92 valence electrons. The van der Waals surface area contributed by atoms with E-state index in [1.165, 1.54) is 18.6 Å². The number of thioether (sulfide) groups is 2. The highest BCUT2D eigenvalue weighted by Crippen LogP contribution is 2.46. The van der Waals surface area contributed by atoms with Crippen molar-refractivity contribution in [2.45, 2.75) is 30.1 Å². The molecule has 16 heavy (non-hydrogen) atoms. The van der Waals surface area contributed by atoms with Crippen molar-refractivity contribution in [2.75, 3.05) is 30.9 Å². The highest BCUT2D eigenvalue weighted by molar-refractivity contribution is 8.00. The van der Waals surface area contributed by atoms with Crippen LogP contribution in [0.2, 0.25) is 0 Å². The summed E-state index contributed by atoms with van der Waals surface area (Å²) in [5.74, 6) is 2.45. The van der Waals surface area contributed by atoms with Crippen LogP contribution >= 0.6 is 23.5 Å². The van der Waals surface area contributed by atoms with Gasteiger partial charge in [0.1, 0.15) is 0 Å². The highest BCUT2D eigenvalue weighted by atomic mass is 32.2. The van der Waals surface area contributed by atoms with E-state index in [0.29, 0.717) is 17.2 Å². The van der Waals surface area contributed by atoms with E-state index in [-0.39, 0.29) is 5.91 Å². The van der Waals surface area contributed by atoms with Crippen LogP contribution in [0.1, 0.15) is 19.3 Å². The van der Waals surface area contributed by atoms with Gasteiger partial charge in [-0.15, -0.1) is 0 Å². The maximum atomic E-state index is 11.7. The van der Waals surface area contributed by atoms with E-state index in [4.69, 9.17) is 0 Å². The smallest absolute Gasteiger partial charge is 0.221 e. The van der Waals surface area contributed by atoms with Gasteiger partial charge in [-0.3, -0.25) is 4.79 Å². The molecule has 3 nitrogen and oxygen atoms in total. The Balaban J connectivity index is 1.64. The second-order valence-corrected chi connectivity index (χ2v) is 7.02. The van der Waals surface area contributed by atoms with Gasteiger partial charge in [0, 0.05) is 41.8 Å². The van der Waals surface area contributed by atoms with Gasteiger partial charge in [0.2, 0.25) is 5.91 Å². The molecule has 1 aliphatic heterocycles. The molecular weight excluding hydrogens is 240 g/mol. The SMILES string of the molecule is CSC1(CNC(=O)CC2CSCCN2)CC1. The lowest BCUT2D eigenvalue weighted by Gasteiger charge is -2.23. The molecule has 1 amide bonds. The summed E-state index contributed by atoms with van der Waals surface area (Å²) in [7, 11) is 0. The van der Waals surface area contributed by atoms with Gasteiger partial charge < -0.3 is 10.6 Å². The molecule has 1 atom stereocenters. The van der Waals surface area contributed by atoms with Crippen molar-refractivity contribution in [3.63, 3.8) is 0 Å². The van der Waals surface area contributed by atoms with Crippen molar-refractivity contribution in [2.24, 2.45) is 0 Å². The van der Waals surface area contributed by atoms with E-state index < -0.39 is 0 Å². The Labute approximate surface area is 106 Å². The third kappa shape index (κ3) is 3.57. The van der Waals surface area contributed by atoms with Crippen molar-refractivity contribution in [3.8, 4) is 0 Å². The molecule has 1 unspecified atom stereocenters. The van der Waals surface area contributed by atoms with E-state index in [2.05, 4.69) is 16.9 Å². The first kappa shape index (κ1) is 12.6. The molecule has 2 aliphatic rings. The van der Waals surface area contributed by atoms with Crippen LogP contribution in [0.25, 0.3) is 0 Å². The van der Waals surface area contributed by atoms with E-state index in [1.807, 2.05) is 23.5 Å². The zero-order valence-electron chi connectivity index (χ0n) is 9.75. The second kappa shape index (κ2) is 5.65. The molecule has 2 N–H and O–H groups in total. The van der Waals surface area contributed by atoms with Crippen LogP contribution in [-0.4, -0.2) is 47.5 Å². The molecule has 1 aliphatic carbocycles. The zero-order valence-corrected chi connectivity index (χ0v) is 11.4. The number of hydrogen-bond donors (Lipinski definition) is 2. The fourth-order valence-corrected chi connectivity index (χ4v) is 3.57. The van der Waals surface area contributed by atoms with Crippen LogP contribution in [0, 0.1) is 0 Å². The molecule has 2 fully saturated rings. The van der Waals surface area contributed by atoms with Gasteiger partial charge in [-0.2, -0.15) is 23.5 Å². The summed E-state index contributed by atoms with van der Waals surface area (Å²) < 4.78 is 0.379. The van der Waals surface area contributed by atoms with Crippen molar-refractivity contribution in [1.82, 2.24) is 10.6 Å². The fraction of sp³-hybridized carbons (Fsp3) is 0.909. The molecule has 5 heteroatoms. The third-order valence-electron chi connectivity index (χ3n) is 3.28. The molecule has 1 heterocycles. The summed E-state index contributed by atoms with van der Waals surface area (Å²) in [6.07, 6.45) is 5.29. The van der Waals surface area contributed by atoms with Crippen LogP contribution < -0.4 is 10.6 Å². The highest BCUT2D eigenvalue weighted by Gasteiger charge is 2.41. The summed E-state index contributed by atoms with van der Waals surface area (Å²) in [5, 5.41) is 6.46. The largest absolute Gasteiger partial charge is 0.355 e. The minimum atomic E-state index is 0.209. The van der Waals surface area contributed by atoms with Gasteiger partial charge in [-0.05, 0) is 19.1 Å². The van der Waals surface area contributed by atoms with Gasteiger partial charge in [0.05, 0.1) is 0 Å². The first-order valence-electron chi connectivity index (χ1n) is 5.87. The number of carbonyl (C=O) groups excluding carboxylic acids is 1. The number of carbonyl (C=O) groups is 1. The Hall–Kier alpha value is 0.130. The van der Waals surface area contributed by atoms with Gasteiger partial charge in [-0.1, -0.05) is 0 Å². The van der Waals surface area contributed by atoms with Gasteiger partial charge >= 0.3 is 0 Å². The predicted molar refractivity (Wildman–Crippen MR) is 72.2 cm³/mol. The monoisotopic (exact) mass is 260 g/mol. The predicted octanol–water partition coefficient (Wildman–Crippen LogP) is 1.09. The summed E-state index contributed by atoms with van der Waals surface area (Å²) in [5.41, 5.74) is 0. The number of rotatable bonds is 5. The quantitative estimate of drug-likeness (QED) is 0.776. The fourth-order valence-electron chi connectivity index (χ4n) is 1.90. The second-order valence-electron chi connectivity index (χ2n) is 4.59. The minimum absolute atomic E-state index is 0.209. The topological polar surface area (TPSA) is 41.1 Å². The summed E-state index contributed by atoms with van der Waals surface area (Å²) in [6, 6.07) is 0.378. The lowest BCUT2D eigenvalue weighted by molar-refractivity contribution is -0.121. The van der Waals surface area contributed by atoms with Crippen molar-refractivity contribution in [3.05, 3.63) is 0 Å². The Morgan fingerprint density at radius 2 is 2.44 bits per heavy atom. The van der Waals surface area contributed by atoms with Gasteiger partial charge in [0.25, 0.3) is 0 Å². The zero-order chi connectivity index (χ0) is 11.4. The van der Waals surface area contributed by atoms with Crippen molar-refractivity contribution >= 4 is 29.4 Å². The maximum Gasteiger partial charge on any atom is 0.221 e. The molecule has 0 spiro atoms. The molecule has 1 saturated carbocycles. The van der Waals surface area contributed by atoms with Crippen LogP contribution in [0.3, 0.4) is 0 Å². The van der Waals surface area contributed by atoms with E-state index >= 15 is 0 Å². The normalized spacial score (nSPS) is 27.4. The Morgan fingerprint density at radius 3 is 3.00 bits per heavy atom.